The number of piperidine rings is 1. The Kier molecular flexibility index (Phi) is 6.81. The first kappa shape index (κ1) is 22.4. The summed E-state index contributed by atoms with van der Waals surface area (Å²) in [6, 6.07) is 7.69. The molecule has 7 nitrogen and oxygen atoms in total. The fraction of sp³-hybridized carbons (Fsp3) is 0.458. The Balaban J connectivity index is 1.26. The monoisotopic (exact) mass is 444 g/mol. The van der Waals surface area contributed by atoms with Crippen LogP contribution in [0.4, 0.5) is 4.39 Å². The molecule has 0 radical (unpaired) electrons. The van der Waals surface area contributed by atoms with Crippen molar-refractivity contribution in [2.45, 2.75) is 38.2 Å². The number of benzene rings is 2. The zero-order chi connectivity index (χ0) is 22.7. The fourth-order valence-electron chi connectivity index (χ4n) is 4.29. The highest BCUT2D eigenvalue weighted by atomic mass is 19.1. The van der Waals surface area contributed by atoms with Crippen molar-refractivity contribution in [3.8, 4) is 17.2 Å². The first-order valence-electron chi connectivity index (χ1n) is 10.9. The van der Waals surface area contributed by atoms with Crippen molar-refractivity contribution in [1.82, 2.24) is 10.1 Å². The molecule has 1 fully saturated rings. The number of aliphatic hydroxyl groups excluding tert-OH is 1. The van der Waals surface area contributed by atoms with Gasteiger partial charge in [-0.25, -0.2) is 4.39 Å². The smallest absolute Gasteiger partial charge is 0.164 e. The lowest BCUT2D eigenvalue weighted by Crippen LogP contribution is -2.34. The van der Waals surface area contributed by atoms with E-state index in [1.54, 1.807) is 19.1 Å². The van der Waals surface area contributed by atoms with E-state index >= 15 is 0 Å². The second-order valence-corrected chi connectivity index (χ2v) is 8.26. The lowest BCUT2D eigenvalue weighted by molar-refractivity contribution is 0.181. The molecule has 0 saturated carbocycles. The molecule has 4 rings (SSSR count). The molecule has 1 unspecified atom stereocenters. The fourth-order valence-corrected chi connectivity index (χ4v) is 4.29. The number of ether oxygens (including phenoxy) is 2. The minimum atomic E-state index is -0.794. The lowest BCUT2D eigenvalue weighted by atomic mass is 9.92. The third kappa shape index (κ3) is 4.81. The van der Waals surface area contributed by atoms with Crippen molar-refractivity contribution in [2.75, 3.05) is 33.4 Å². The lowest BCUT2D eigenvalue weighted by Gasteiger charge is -2.30. The number of methoxy groups -OCH3 is 1. The maximum atomic E-state index is 13.4. The quantitative estimate of drug-likeness (QED) is 0.499. The van der Waals surface area contributed by atoms with Gasteiger partial charge in [-0.05, 0) is 57.5 Å². The van der Waals surface area contributed by atoms with Gasteiger partial charge in [-0.15, -0.1) is 0 Å². The summed E-state index contributed by atoms with van der Waals surface area (Å²) in [5, 5.41) is 24.7. The minimum absolute atomic E-state index is 0.0134. The maximum Gasteiger partial charge on any atom is 0.164 e. The van der Waals surface area contributed by atoms with Crippen molar-refractivity contribution < 1.29 is 28.6 Å². The summed E-state index contributed by atoms with van der Waals surface area (Å²) in [6.45, 7) is 4.86. The highest BCUT2D eigenvalue weighted by molar-refractivity contribution is 5.80. The molecular formula is C24H29FN2O5. The zero-order valence-electron chi connectivity index (χ0n) is 18.4. The number of halogens is 1. The summed E-state index contributed by atoms with van der Waals surface area (Å²) in [4.78, 5) is 2.39. The molecule has 8 heteroatoms. The number of aliphatic hydroxyl groups is 1. The number of aromatic hydroxyl groups is 1. The van der Waals surface area contributed by atoms with Crippen LogP contribution in [0.5, 0.6) is 17.2 Å². The summed E-state index contributed by atoms with van der Waals surface area (Å²) in [6.07, 6.45) is 1.96. The Bertz CT molecular complexity index is 1060. The molecule has 3 aromatic rings. The van der Waals surface area contributed by atoms with E-state index in [0.717, 1.165) is 50.0 Å². The highest BCUT2D eigenvalue weighted by Crippen LogP contribution is 2.37. The molecule has 2 aromatic carbocycles. The van der Waals surface area contributed by atoms with Crippen LogP contribution in [-0.4, -0.2) is 53.6 Å². The molecule has 1 atom stereocenters. The van der Waals surface area contributed by atoms with Crippen LogP contribution >= 0.6 is 0 Å². The number of nitrogens with zero attached hydrogens (tertiary/aromatic N) is 2. The third-order valence-corrected chi connectivity index (χ3v) is 6.07. The first-order chi connectivity index (χ1) is 15.5. The van der Waals surface area contributed by atoms with Gasteiger partial charge in [0, 0.05) is 35.5 Å². The number of rotatable bonds is 8. The summed E-state index contributed by atoms with van der Waals surface area (Å²) in [7, 11) is 1.53. The van der Waals surface area contributed by atoms with E-state index in [0.29, 0.717) is 29.2 Å². The van der Waals surface area contributed by atoms with E-state index in [-0.39, 0.29) is 17.5 Å². The average molecular weight is 445 g/mol. The van der Waals surface area contributed by atoms with Gasteiger partial charge in [-0.2, -0.15) is 0 Å². The first-order valence-corrected chi connectivity index (χ1v) is 10.9. The van der Waals surface area contributed by atoms with Crippen molar-refractivity contribution in [3.05, 3.63) is 47.5 Å². The van der Waals surface area contributed by atoms with E-state index in [4.69, 9.17) is 14.0 Å². The number of fused-ring (bicyclic) bond motifs is 1. The molecule has 172 valence electrons. The normalized spacial score (nSPS) is 16.4. The van der Waals surface area contributed by atoms with Crippen LogP contribution in [0.25, 0.3) is 10.9 Å². The molecule has 0 bridgehead atoms. The molecular weight excluding hydrogens is 415 g/mol. The second kappa shape index (κ2) is 9.75. The van der Waals surface area contributed by atoms with Crippen LogP contribution in [0, 0.1) is 5.82 Å². The van der Waals surface area contributed by atoms with Crippen LogP contribution in [0.1, 0.15) is 49.5 Å². The Morgan fingerprint density at radius 3 is 2.72 bits per heavy atom. The van der Waals surface area contributed by atoms with Gasteiger partial charge in [-0.1, -0.05) is 5.16 Å². The van der Waals surface area contributed by atoms with Crippen LogP contribution < -0.4 is 9.47 Å². The Morgan fingerprint density at radius 1 is 1.22 bits per heavy atom. The number of hydrogen-bond acceptors (Lipinski definition) is 7. The van der Waals surface area contributed by atoms with Gasteiger partial charge in [0.2, 0.25) is 0 Å². The van der Waals surface area contributed by atoms with E-state index in [2.05, 4.69) is 10.1 Å². The van der Waals surface area contributed by atoms with Gasteiger partial charge < -0.3 is 29.1 Å². The molecule has 2 heterocycles. The second-order valence-electron chi connectivity index (χ2n) is 8.26. The molecule has 32 heavy (non-hydrogen) atoms. The number of phenols is 1. The van der Waals surface area contributed by atoms with Gasteiger partial charge in [0.25, 0.3) is 0 Å². The maximum absolute atomic E-state index is 13.4. The Hall–Kier alpha value is -2.84. The molecule has 1 aliphatic heterocycles. The van der Waals surface area contributed by atoms with Gasteiger partial charge in [0.1, 0.15) is 22.8 Å². The molecule has 0 amide bonds. The molecule has 0 spiro atoms. The van der Waals surface area contributed by atoms with Gasteiger partial charge in [-0.3, -0.25) is 0 Å². The summed E-state index contributed by atoms with van der Waals surface area (Å²) < 4.78 is 30.1. The van der Waals surface area contributed by atoms with Crippen LogP contribution in [0.15, 0.2) is 34.9 Å². The minimum Gasteiger partial charge on any atom is -0.507 e. The third-order valence-electron chi connectivity index (χ3n) is 6.07. The zero-order valence-corrected chi connectivity index (χ0v) is 18.4. The van der Waals surface area contributed by atoms with Crippen LogP contribution in [0.2, 0.25) is 0 Å². The largest absolute Gasteiger partial charge is 0.507 e. The number of aromatic nitrogens is 1. The average Bonchev–Trinajstić information content (AvgIpc) is 3.20. The summed E-state index contributed by atoms with van der Waals surface area (Å²) in [5.74, 6) is 1.77. The number of likely N-dealkylation sites (tertiary alicyclic amines) is 1. The van der Waals surface area contributed by atoms with Crippen molar-refractivity contribution in [3.63, 3.8) is 0 Å². The van der Waals surface area contributed by atoms with Crippen molar-refractivity contribution in [1.29, 1.82) is 0 Å². The molecule has 2 N–H and O–H groups in total. The molecule has 1 aromatic heterocycles. The summed E-state index contributed by atoms with van der Waals surface area (Å²) in [5.41, 5.74) is 0.976. The Labute approximate surface area is 186 Å². The highest BCUT2D eigenvalue weighted by Gasteiger charge is 2.25. The van der Waals surface area contributed by atoms with E-state index in [9.17, 15) is 14.6 Å². The standard InChI is InChI=1S/C24H29FN2O5/c1-15(28)19-13-22(30-2)23(14-21(19)29)31-11-3-8-27-9-6-16(7-10-27)24-18-5-4-17(25)12-20(18)26-32-24/h4-5,12-16,28-29H,3,6-11H2,1-2H3. The van der Waals surface area contributed by atoms with Crippen LogP contribution in [0.3, 0.4) is 0 Å². The Morgan fingerprint density at radius 2 is 2.00 bits per heavy atom. The number of phenolic OH excluding ortho intramolecular Hbond substituents is 1. The molecule has 1 saturated heterocycles. The van der Waals surface area contributed by atoms with Gasteiger partial charge in [0.05, 0.1) is 19.8 Å². The van der Waals surface area contributed by atoms with Gasteiger partial charge in [0.15, 0.2) is 11.5 Å². The SMILES string of the molecule is COc1cc(C(C)O)c(O)cc1OCCCN1CCC(c2onc3cc(F)ccc23)CC1. The summed E-state index contributed by atoms with van der Waals surface area (Å²) >= 11 is 0. The van der Waals surface area contributed by atoms with Crippen molar-refractivity contribution in [2.24, 2.45) is 0 Å². The molecule has 1 aliphatic rings. The predicted octanol–water partition coefficient (Wildman–Crippen LogP) is 4.38. The predicted molar refractivity (Wildman–Crippen MR) is 118 cm³/mol. The number of hydrogen-bond donors (Lipinski definition) is 2. The van der Waals surface area contributed by atoms with Gasteiger partial charge >= 0.3 is 0 Å². The van der Waals surface area contributed by atoms with Crippen LogP contribution in [-0.2, 0) is 0 Å². The van der Waals surface area contributed by atoms with E-state index in [1.807, 2.05) is 0 Å². The van der Waals surface area contributed by atoms with E-state index in [1.165, 1.54) is 25.3 Å². The molecule has 0 aliphatic carbocycles. The van der Waals surface area contributed by atoms with E-state index < -0.39 is 6.10 Å². The van der Waals surface area contributed by atoms with Crippen molar-refractivity contribution >= 4 is 10.9 Å². The topological polar surface area (TPSA) is 88.2 Å².